The Kier molecular flexibility index (Phi) is 4.51. The maximum absolute atomic E-state index is 13.0. The summed E-state index contributed by atoms with van der Waals surface area (Å²) in [6.07, 6.45) is -0.0164. The van der Waals surface area contributed by atoms with Gasteiger partial charge in [-0.2, -0.15) is 0 Å². The predicted molar refractivity (Wildman–Crippen MR) is 93.2 cm³/mol. The number of ether oxygens (including phenoxy) is 2. The molecule has 0 saturated carbocycles. The van der Waals surface area contributed by atoms with Crippen LogP contribution < -0.4 is 4.74 Å². The topological polar surface area (TPSA) is 69.5 Å². The molecule has 1 saturated heterocycles. The minimum Gasteiger partial charge on any atom is -0.494 e. The first kappa shape index (κ1) is 17.4. The van der Waals surface area contributed by atoms with Gasteiger partial charge in [0, 0.05) is 13.1 Å². The fraction of sp³-hybridized carbons (Fsp3) is 0.500. The third kappa shape index (κ3) is 3.37. The minimum atomic E-state index is -0.375. The summed E-state index contributed by atoms with van der Waals surface area (Å²) in [4.78, 5) is 14.8. The molecule has 7 nitrogen and oxygen atoms in total. The Morgan fingerprint density at radius 2 is 2.08 bits per heavy atom. The molecule has 1 atom stereocenters. The van der Waals surface area contributed by atoms with Gasteiger partial charge in [-0.15, -0.1) is 5.10 Å². The number of para-hydroxylation sites is 2. The number of carbonyl (C=O) groups excluding carboxylic acids is 1. The smallest absolute Gasteiger partial charge is 0.276 e. The summed E-state index contributed by atoms with van der Waals surface area (Å²) < 4.78 is 12.9. The lowest BCUT2D eigenvalue weighted by Crippen LogP contribution is -2.54. The molecular formula is C18H24N4O3. The highest BCUT2D eigenvalue weighted by molar-refractivity contribution is 5.93. The van der Waals surface area contributed by atoms with Crippen LogP contribution in [0.1, 0.15) is 37.0 Å². The molecule has 1 amide bonds. The second-order valence-electron chi connectivity index (χ2n) is 6.98. The molecular weight excluding hydrogens is 320 g/mol. The molecule has 1 aromatic heterocycles. The van der Waals surface area contributed by atoms with Crippen molar-refractivity contribution in [3.05, 3.63) is 35.7 Å². The van der Waals surface area contributed by atoms with Crippen LogP contribution in [-0.4, -0.2) is 57.7 Å². The van der Waals surface area contributed by atoms with Crippen LogP contribution in [-0.2, 0) is 4.74 Å². The highest BCUT2D eigenvalue weighted by Crippen LogP contribution is 2.25. The van der Waals surface area contributed by atoms with E-state index in [4.69, 9.17) is 9.47 Å². The summed E-state index contributed by atoms with van der Waals surface area (Å²) in [6, 6.07) is 7.52. The molecule has 25 heavy (non-hydrogen) atoms. The molecule has 2 aromatic rings. The second kappa shape index (κ2) is 6.48. The monoisotopic (exact) mass is 344 g/mol. The number of aromatic nitrogens is 3. The van der Waals surface area contributed by atoms with Crippen LogP contribution >= 0.6 is 0 Å². The van der Waals surface area contributed by atoms with Crippen molar-refractivity contribution in [1.82, 2.24) is 19.9 Å². The molecule has 2 heterocycles. The summed E-state index contributed by atoms with van der Waals surface area (Å²) in [5, 5.41) is 8.31. The van der Waals surface area contributed by atoms with Gasteiger partial charge < -0.3 is 14.4 Å². The lowest BCUT2D eigenvalue weighted by atomic mass is 10.1. The van der Waals surface area contributed by atoms with E-state index >= 15 is 0 Å². The number of amides is 1. The quantitative estimate of drug-likeness (QED) is 0.854. The van der Waals surface area contributed by atoms with Crippen LogP contribution in [0, 0.1) is 6.92 Å². The van der Waals surface area contributed by atoms with Gasteiger partial charge in [-0.25, -0.2) is 4.68 Å². The maximum atomic E-state index is 13.0. The van der Waals surface area contributed by atoms with Gasteiger partial charge in [0.1, 0.15) is 11.4 Å². The molecule has 1 fully saturated rings. The summed E-state index contributed by atoms with van der Waals surface area (Å²) in [5.74, 6) is 0.553. The van der Waals surface area contributed by atoms with Crippen LogP contribution in [0.25, 0.3) is 5.69 Å². The van der Waals surface area contributed by atoms with Crippen molar-refractivity contribution >= 4 is 5.91 Å². The molecule has 0 unspecified atom stereocenters. The number of rotatable bonds is 3. The van der Waals surface area contributed by atoms with Gasteiger partial charge in [-0.1, -0.05) is 17.3 Å². The minimum absolute atomic E-state index is 0.0164. The van der Waals surface area contributed by atoms with Crippen molar-refractivity contribution in [1.29, 1.82) is 0 Å². The number of benzene rings is 1. The van der Waals surface area contributed by atoms with Crippen molar-refractivity contribution in [2.75, 3.05) is 20.2 Å². The van der Waals surface area contributed by atoms with E-state index in [1.807, 2.05) is 52.0 Å². The average Bonchev–Trinajstić information content (AvgIpc) is 2.93. The fourth-order valence-electron chi connectivity index (χ4n) is 3.32. The fourth-order valence-corrected chi connectivity index (χ4v) is 3.32. The molecule has 1 aliphatic rings. The van der Waals surface area contributed by atoms with E-state index in [1.54, 1.807) is 16.7 Å². The first-order valence-electron chi connectivity index (χ1n) is 8.35. The summed E-state index contributed by atoms with van der Waals surface area (Å²) in [6.45, 7) is 8.86. The van der Waals surface area contributed by atoms with Crippen molar-refractivity contribution < 1.29 is 14.3 Å². The Bertz CT molecular complexity index is 784. The van der Waals surface area contributed by atoms with Gasteiger partial charge in [0.15, 0.2) is 5.69 Å². The first-order chi connectivity index (χ1) is 11.8. The highest BCUT2D eigenvalue weighted by Gasteiger charge is 2.35. The molecule has 1 aromatic carbocycles. The number of hydrogen-bond acceptors (Lipinski definition) is 5. The Morgan fingerprint density at radius 1 is 1.36 bits per heavy atom. The summed E-state index contributed by atoms with van der Waals surface area (Å²) in [7, 11) is 1.61. The number of nitrogens with zero attached hydrogens (tertiary/aromatic N) is 4. The van der Waals surface area contributed by atoms with Gasteiger partial charge in [-0.05, 0) is 39.8 Å². The Balaban J connectivity index is 1.92. The third-order valence-electron chi connectivity index (χ3n) is 4.27. The molecule has 7 heteroatoms. The average molecular weight is 344 g/mol. The first-order valence-corrected chi connectivity index (χ1v) is 8.35. The van der Waals surface area contributed by atoms with Crippen LogP contribution in [0.5, 0.6) is 5.75 Å². The van der Waals surface area contributed by atoms with Crippen molar-refractivity contribution in [3.8, 4) is 11.4 Å². The number of hydrogen-bond donors (Lipinski definition) is 0. The lowest BCUT2D eigenvalue weighted by Gasteiger charge is -2.41. The van der Waals surface area contributed by atoms with Gasteiger partial charge >= 0.3 is 0 Å². The Hall–Kier alpha value is -2.41. The van der Waals surface area contributed by atoms with Gasteiger partial charge in [0.2, 0.25) is 0 Å². The predicted octanol–water partition coefficient (Wildman–Crippen LogP) is 2.22. The molecule has 3 rings (SSSR count). The summed E-state index contributed by atoms with van der Waals surface area (Å²) >= 11 is 0. The van der Waals surface area contributed by atoms with Gasteiger partial charge in [-0.3, -0.25) is 4.79 Å². The second-order valence-corrected chi connectivity index (χ2v) is 6.98. The third-order valence-corrected chi connectivity index (χ3v) is 4.27. The standard InChI is InChI=1S/C18H24N4O3/c1-12-10-21(11-18(3,4)25-12)17(23)16-13(2)22(20-19-16)14-8-6-7-9-15(14)24-5/h6-9,12H,10-11H2,1-5H3/t12-/m1/s1. The van der Waals surface area contributed by atoms with Crippen LogP contribution in [0.15, 0.2) is 24.3 Å². The van der Waals surface area contributed by atoms with Crippen LogP contribution in [0.3, 0.4) is 0 Å². The molecule has 0 N–H and O–H groups in total. The normalized spacial score (nSPS) is 19.7. The Morgan fingerprint density at radius 3 is 2.76 bits per heavy atom. The number of carbonyl (C=O) groups is 1. The van der Waals surface area contributed by atoms with E-state index in [9.17, 15) is 4.79 Å². The molecule has 0 radical (unpaired) electrons. The molecule has 1 aliphatic heterocycles. The van der Waals surface area contributed by atoms with E-state index in [2.05, 4.69) is 10.3 Å². The van der Waals surface area contributed by atoms with E-state index in [1.165, 1.54) is 0 Å². The van der Waals surface area contributed by atoms with Crippen molar-refractivity contribution in [2.45, 2.75) is 39.4 Å². The van der Waals surface area contributed by atoms with E-state index in [0.29, 0.717) is 30.2 Å². The van der Waals surface area contributed by atoms with Crippen molar-refractivity contribution in [3.63, 3.8) is 0 Å². The van der Waals surface area contributed by atoms with Crippen LogP contribution in [0.4, 0.5) is 0 Å². The molecule has 134 valence electrons. The van der Waals surface area contributed by atoms with Crippen molar-refractivity contribution in [2.24, 2.45) is 0 Å². The van der Waals surface area contributed by atoms with E-state index in [-0.39, 0.29) is 17.6 Å². The van der Waals surface area contributed by atoms with E-state index in [0.717, 1.165) is 5.69 Å². The lowest BCUT2D eigenvalue weighted by molar-refractivity contribution is -0.119. The highest BCUT2D eigenvalue weighted by atomic mass is 16.5. The molecule has 0 aliphatic carbocycles. The molecule has 0 spiro atoms. The largest absolute Gasteiger partial charge is 0.494 e. The molecule has 0 bridgehead atoms. The zero-order valence-electron chi connectivity index (χ0n) is 15.3. The SMILES string of the molecule is COc1ccccc1-n1nnc(C(=O)N2C[C@@H](C)OC(C)(C)C2)c1C. The Labute approximate surface area is 147 Å². The van der Waals surface area contributed by atoms with Crippen LogP contribution in [0.2, 0.25) is 0 Å². The zero-order valence-corrected chi connectivity index (χ0v) is 15.3. The summed E-state index contributed by atoms with van der Waals surface area (Å²) in [5.41, 5.74) is 1.42. The van der Waals surface area contributed by atoms with Gasteiger partial charge in [0.05, 0.1) is 24.5 Å². The maximum Gasteiger partial charge on any atom is 0.276 e. The van der Waals surface area contributed by atoms with E-state index < -0.39 is 0 Å². The number of methoxy groups -OCH3 is 1. The number of morpholine rings is 1. The van der Waals surface area contributed by atoms with Gasteiger partial charge in [0.25, 0.3) is 5.91 Å². The zero-order chi connectivity index (χ0) is 18.2.